The van der Waals surface area contributed by atoms with Crippen LogP contribution in [0.25, 0.3) is 0 Å². The SMILES string of the molecule is Cc1ccc(C(O)CSc2cccc(Br)c2)cc1C. The molecule has 2 aromatic carbocycles. The van der Waals surface area contributed by atoms with Crippen LogP contribution in [0.5, 0.6) is 0 Å². The summed E-state index contributed by atoms with van der Waals surface area (Å²) in [4.78, 5) is 1.16. The van der Waals surface area contributed by atoms with Crippen molar-refractivity contribution in [1.29, 1.82) is 0 Å². The number of aliphatic hydroxyl groups excluding tert-OH is 1. The second kappa shape index (κ2) is 6.60. The van der Waals surface area contributed by atoms with Gasteiger partial charge in [-0.1, -0.05) is 40.2 Å². The third kappa shape index (κ3) is 4.10. The highest BCUT2D eigenvalue weighted by Crippen LogP contribution is 2.27. The van der Waals surface area contributed by atoms with Crippen molar-refractivity contribution in [3.8, 4) is 0 Å². The van der Waals surface area contributed by atoms with Gasteiger partial charge < -0.3 is 5.11 Å². The fourth-order valence-electron chi connectivity index (χ4n) is 1.80. The predicted octanol–water partition coefficient (Wildman–Crippen LogP) is 4.89. The molecule has 0 spiro atoms. The van der Waals surface area contributed by atoms with Crippen molar-refractivity contribution in [2.75, 3.05) is 5.75 Å². The van der Waals surface area contributed by atoms with E-state index in [2.05, 4.69) is 54.0 Å². The summed E-state index contributed by atoms with van der Waals surface area (Å²) in [5.74, 6) is 0.666. The minimum absolute atomic E-state index is 0.428. The molecular formula is C16H17BrOS. The Bertz CT molecular complexity index is 568. The van der Waals surface area contributed by atoms with Crippen LogP contribution in [0.3, 0.4) is 0 Å². The second-order valence-corrected chi connectivity index (χ2v) is 6.64. The molecule has 0 saturated heterocycles. The van der Waals surface area contributed by atoms with E-state index < -0.39 is 6.10 Å². The maximum absolute atomic E-state index is 10.2. The van der Waals surface area contributed by atoms with Gasteiger partial charge in [0.1, 0.15) is 0 Å². The van der Waals surface area contributed by atoms with Crippen LogP contribution in [0, 0.1) is 13.8 Å². The molecule has 1 nitrogen and oxygen atoms in total. The zero-order valence-electron chi connectivity index (χ0n) is 11.1. The monoisotopic (exact) mass is 336 g/mol. The first kappa shape index (κ1) is 14.6. The average Bonchev–Trinajstić information content (AvgIpc) is 2.39. The summed E-state index contributed by atoms with van der Waals surface area (Å²) in [5.41, 5.74) is 3.48. The van der Waals surface area contributed by atoms with E-state index in [-0.39, 0.29) is 0 Å². The van der Waals surface area contributed by atoms with Crippen LogP contribution in [-0.2, 0) is 0 Å². The number of thioether (sulfide) groups is 1. The first-order valence-electron chi connectivity index (χ1n) is 6.20. The van der Waals surface area contributed by atoms with Crippen LogP contribution >= 0.6 is 27.7 Å². The van der Waals surface area contributed by atoms with Gasteiger partial charge in [0, 0.05) is 15.1 Å². The smallest absolute Gasteiger partial charge is 0.0884 e. The number of hydrogen-bond donors (Lipinski definition) is 1. The van der Waals surface area contributed by atoms with Crippen LogP contribution < -0.4 is 0 Å². The average molecular weight is 337 g/mol. The normalized spacial score (nSPS) is 12.4. The zero-order chi connectivity index (χ0) is 13.8. The number of rotatable bonds is 4. The fourth-order valence-corrected chi connectivity index (χ4v) is 3.28. The summed E-state index contributed by atoms with van der Waals surface area (Å²) in [6, 6.07) is 14.3. The lowest BCUT2D eigenvalue weighted by Crippen LogP contribution is -2.01. The lowest BCUT2D eigenvalue weighted by molar-refractivity contribution is 0.204. The van der Waals surface area contributed by atoms with Gasteiger partial charge in [-0.2, -0.15) is 0 Å². The quantitative estimate of drug-likeness (QED) is 0.802. The molecule has 0 aromatic heterocycles. The van der Waals surface area contributed by atoms with Crippen molar-refractivity contribution >= 4 is 27.7 Å². The van der Waals surface area contributed by atoms with E-state index in [0.29, 0.717) is 5.75 Å². The molecule has 3 heteroatoms. The highest BCUT2D eigenvalue weighted by molar-refractivity contribution is 9.10. The summed E-state index contributed by atoms with van der Waals surface area (Å²) >= 11 is 5.12. The summed E-state index contributed by atoms with van der Waals surface area (Å²) in [7, 11) is 0. The summed E-state index contributed by atoms with van der Waals surface area (Å²) in [6.45, 7) is 4.16. The van der Waals surface area contributed by atoms with Crippen LogP contribution in [0.2, 0.25) is 0 Å². The molecule has 0 heterocycles. The highest BCUT2D eigenvalue weighted by Gasteiger charge is 2.09. The van der Waals surface area contributed by atoms with Gasteiger partial charge in [0.05, 0.1) is 6.10 Å². The van der Waals surface area contributed by atoms with E-state index in [1.54, 1.807) is 11.8 Å². The molecule has 0 aliphatic rings. The Morgan fingerprint density at radius 2 is 1.89 bits per heavy atom. The van der Waals surface area contributed by atoms with Crippen LogP contribution in [0.1, 0.15) is 22.8 Å². The molecule has 1 atom stereocenters. The van der Waals surface area contributed by atoms with Crippen molar-refractivity contribution in [1.82, 2.24) is 0 Å². The fraction of sp³-hybridized carbons (Fsp3) is 0.250. The first-order chi connectivity index (χ1) is 9.06. The Kier molecular flexibility index (Phi) is 5.08. The Hall–Kier alpha value is -0.770. The van der Waals surface area contributed by atoms with E-state index in [0.717, 1.165) is 14.9 Å². The number of aliphatic hydroxyl groups is 1. The molecule has 1 unspecified atom stereocenters. The topological polar surface area (TPSA) is 20.2 Å². The van der Waals surface area contributed by atoms with E-state index in [4.69, 9.17) is 0 Å². The molecule has 19 heavy (non-hydrogen) atoms. The number of halogens is 1. The van der Waals surface area contributed by atoms with E-state index in [1.165, 1.54) is 11.1 Å². The van der Waals surface area contributed by atoms with Crippen molar-refractivity contribution in [2.24, 2.45) is 0 Å². The molecule has 0 aliphatic heterocycles. The van der Waals surface area contributed by atoms with Crippen molar-refractivity contribution in [2.45, 2.75) is 24.8 Å². The molecule has 2 rings (SSSR count). The van der Waals surface area contributed by atoms with E-state index in [9.17, 15) is 5.11 Å². The maximum atomic E-state index is 10.2. The van der Waals surface area contributed by atoms with E-state index in [1.807, 2.05) is 18.2 Å². The number of aryl methyl sites for hydroxylation is 2. The zero-order valence-corrected chi connectivity index (χ0v) is 13.5. The van der Waals surface area contributed by atoms with Gasteiger partial charge in [0.2, 0.25) is 0 Å². The lowest BCUT2D eigenvalue weighted by atomic mass is 10.0. The summed E-state index contributed by atoms with van der Waals surface area (Å²) < 4.78 is 1.07. The molecule has 1 N–H and O–H groups in total. The minimum Gasteiger partial charge on any atom is -0.388 e. The van der Waals surface area contributed by atoms with E-state index >= 15 is 0 Å². The van der Waals surface area contributed by atoms with Crippen molar-refractivity contribution in [3.63, 3.8) is 0 Å². The van der Waals surface area contributed by atoms with Crippen LogP contribution in [-0.4, -0.2) is 10.9 Å². The molecule has 0 saturated carbocycles. The maximum Gasteiger partial charge on any atom is 0.0884 e. The molecule has 0 radical (unpaired) electrons. The summed E-state index contributed by atoms with van der Waals surface area (Å²) in [6.07, 6.45) is -0.428. The Balaban J connectivity index is 2.01. The predicted molar refractivity (Wildman–Crippen MR) is 85.7 cm³/mol. The molecular weight excluding hydrogens is 320 g/mol. The second-order valence-electron chi connectivity index (χ2n) is 4.63. The lowest BCUT2D eigenvalue weighted by Gasteiger charge is -2.12. The van der Waals surface area contributed by atoms with Gasteiger partial charge in [0.15, 0.2) is 0 Å². The van der Waals surface area contributed by atoms with Crippen LogP contribution in [0.4, 0.5) is 0 Å². The third-order valence-corrected chi connectivity index (χ3v) is 4.68. The standard InChI is InChI=1S/C16H17BrOS/c1-11-6-7-13(8-12(11)2)16(18)10-19-15-5-3-4-14(17)9-15/h3-9,16,18H,10H2,1-2H3. The van der Waals surface area contributed by atoms with Crippen molar-refractivity contribution in [3.05, 3.63) is 63.6 Å². The Morgan fingerprint density at radius 3 is 2.58 bits per heavy atom. The summed E-state index contributed by atoms with van der Waals surface area (Å²) in [5, 5.41) is 10.2. The van der Waals surface area contributed by atoms with Gasteiger partial charge in [0.25, 0.3) is 0 Å². The highest BCUT2D eigenvalue weighted by atomic mass is 79.9. The first-order valence-corrected chi connectivity index (χ1v) is 7.97. The van der Waals surface area contributed by atoms with Crippen molar-refractivity contribution < 1.29 is 5.11 Å². The molecule has 100 valence electrons. The molecule has 0 fully saturated rings. The van der Waals surface area contributed by atoms with Crippen LogP contribution in [0.15, 0.2) is 51.8 Å². The molecule has 0 bridgehead atoms. The molecule has 0 amide bonds. The Labute approximate surface area is 127 Å². The van der Waals surface area contributed by atoms with Gasteiger partial charge in [-0.05, 0) is 48.7 Å². The Morgan fingerprint density at radius 1 is 1.11 bits per heavy atom. The number of hydrogen-bond acceptors (Lipinski definition) is 2. The third-order valence-electron chi connectivity index (χ3n) is 3.12. The largest absolute Gasteiger partial charge is 0.388 e. The number of benzene rings is 2. The molecule has 0 aliphatic carbocycles. The molecule has 2 aromatic rings. The van der Waals surface area contributed by atoms with Gasteiger partial charge in [-0.25, -0.2) is 0 Å². The minimum atomic E-state index is -0.428. The van der Waals surface area contributed by atoms with Gasteiger partial charge in [-0.3, -0.25) is 0 Å². The van der Waals surface area contributed by atoms with Gasteiger partial charge in [-0.15, -0.1) is 11.8 Å². The van der Waals surface area contributed by atoms with Gasteiger partial charge >= 0.3 is 0 Å².